The van der Waals surface area contributed by atoms with Gasteiger partial charge in [-0.1, -0.05) is 18.2 Å². The number of benzene rings is 2. The monoisotopic (exact) mass is 369 g/mol. The average molecular weight is 369 g/mol. The fourth-order valence-electron chi connectivity index (χ4n) is 2.42. The maximum absolute atomic E-state index is 11.9. The van der Waals surface area contributed by atoms with Crippen LogP contribution in [0.2, 0.25) is 0 Å². The van der Waals surface area contributed by atoms with E-state index >= 15 is 0 Å². The predicted molar refractivity (Wildman–Crippen MR) is 107 cm³/mol. The summed E-state index contributed by atoms with van der Waals surface area (Å²) in [5.74, 6) is 1.94. The zero-order valence-electron chi connectivity index (χ0n) is 16.3. The summed E-state index contributed by atoms with van der Waals surface area (Å²) in [5.41, 5.74) is 1.99. The molecule has 0 fully saturated rings. The Bertz CT molecular complexity index is 784. The van der Waals surface area contributed by atoms with Gasteiger partial charge in [0.1, 0.15) is 12.4 Å². The summed E-state index contributed by atoms with van der Waals surface area (Å²) in [7, 11) is 1.59. The summed E-state index contributed by atoms with van der Waals surface area (Å²) in [6.07, 6.45) is 3.29. The Morgan fingerprint density at radius 1 is 1.15 bits per heavy atom. The summed E-state index contributed by atoms with van der Waals surface area (Å²) < 4.78 is 16.6. The number of rotatable bonds is 9. The number of amides is 1. The van der Waals surface area contributed by atoms with Crippen molar-refractivity contribution in [2.24, 2.45) is 0 Å². The lowest BCUT2D eigenvalue weighted by molar-refractivity contribution is -0.116. The van der Waals surface area contributed by atoms with Gasteiger partial charge in [0.05, 0.1) is 19.8 Å². The van der Waals surface area contributed by atoms with Gasteiger partial charge in [0.15, 0.2) is 11.5 Å². The molecule has 144 valence electrons. The molecule has 0 unspecified atom stereocenters. The standard InChI is InChI=1S/C22H27NO4/c1-16(2)27-20-10-8-18(15-21(20)25-4)9-11-22(24)23-12-13-26-19-7-5-6-17(3)14-19/h5-11,14-16H,12-13H2,1-4H3,(H,23,24)/b11-9+. The van der Waals surface area contributed by atoms with E-state index in [-0.39, 0.29) is 12.0 Å². The maximum atomic E-state index is 11.9. The maximum Gasteiger partial charge on any atom is 0.244 e. The summed E-state index contributed by atoms with van der Waals surface area (Å²) >= 11 is 0. The second-order valence-corrected chi connectivity index (χ2v) is 6.37. The minimum atomic E-state index is -0.177. The third-order valence-corrected chi connectivity index (χ3v) is 3.64. The highest BCUT2D eigenvalue weighted by Gasteiger charge is 2.06. The topological polar surface area (TPSA) is 56.8 Å². The molecule has 0 aliphatic rings. The van der Waals surface area contributed by atoms with Crippen LogP contribution in [0.4, 0.5) is 0 Å². The highest BCUT2D eigenvalue weighted by atomic mass is 16.5. The van der Waals surface area contributed by atoms with Crippen LogP contribution in [0.25, 0.3) is 6.08 Å². The number of ether oxygens (including phenoxy) is 3. The van der Waals surface area contributed by atoms with Gasteiger partial charge in [-0.25, -0.2) is 0 Å². The SMILES string of the molecule is COc1cc(/C=C/C(=O)NCCOc2cccc(C)c2)ccc1OC(C)C. The van der Waals surface area contributed by atoms with Crippen molar-refractivity contribution in [2.45, 2.75) is 26.9 Å². The molecule has 2 aromatic rings. The van der Waals surface area contributed by atoms with E-state index in [1.807, 2.05) is 63.2 Å². The van der Waals surface area contributed by atoms with Crippen molar-refractivity contribution in [1.82, 2.24) is 5.32 Å². The third-order valence-electron chi connectivity index (χ3n) is 3.64. The molecule has 0 saturated carbocycles. The first kappa shape index (κ1) is 20.4. The molecule has 0 heterocycles. The molecule has 1 N–H and O–H groups in total. The number of carbonyl (C=O) groups excluding carboxylic acids is 1. The first-order valence-electron chi connectivity index (χ1n) is 8.98. The molecule has 0 aliphatic carbocycles. The van der Waals surface area contributed by atoms with Gasteiger partial charge in [-0.15, -0.1) is 0 Å². The minimum Gasteiger partial charge on any atom is -0.493 e. The Morgan fingerprint density at radius 3 is 2.67 bits per heavy atom. The molecule has 0 aliphatic heterocycles. The van der Waals surface area contributed by atoms with Gasteiger partial charge < -0.3 is 19.5 Å². The molecule has 5 heteroatoms. The number of carbonyl (C=O) groups is 1. The van der Waals surface area contributed by atoms with Gasteiger partial charge in [-0.3, -0.25) is 4.79 Å². The highest BCUT2D eigenvalue weighted by molar-refractivity contribution is 5.91. The van der Waals surface area contributed by atoms with Gasteiger partial charge >= 0.3 is 0 Å². The van der Waals surface area contributed by atoms with E-state index in [2.05, 4.69) is 5.32 Å². The molecule has 2 aromatic carbocycles. The van der Waals surface area contributed by atoms with Crippen LogP contribution in [-0.2, 0) is 4.79 Å². The summed E-state index contributed by atoms with van der Waals surface area (Å²) in [6.45, 7) is 6.77. The van der Waals surface area contributed by atoms with Crippen LogP contribution in [0, 0.1) is 6.92 Å². The molecule has 5 nitrogen and oxygen atoms in total. The Labute approximate surface area is 161 Å². The van der Waals surface area contributed by atoms with Crippen molar-refractivity contribution < 1.29 is 19.0 Å². The molecule has 0 atom stereocenters. The van der Waals surface area contributed by atoms with Crippen molar-refractivity contribution in [2.75, 3.05) is 20.3 Å². The molecular weight excluding hydrogens is 342 g/mol. The van der Waals surface area contributed by atoms with Crippen LogP contribution < -0.4 is 19.5 Å². The van der Waals surface area contributed by atoms with E-state index in [1.165, 1.54) is 6.08 Å². The van der Waals surface area contributed by atoms with Crippen LogP contribution in [0.5, 0.6) is 17.2 Å². The molecule has 1 amide bonds. The normalized spacial score (nSPS) is 10.9. The number of hydrogen-bond donors (Lipinski definition) is 1. The van der Waals surface area contributed by atoms with Gasteiger partial charge in [-0.05, 0) is 62.2 Å². The zero-order valence-corrected chi connectivity index (χ0v) is 16.3. The van der Waals surface area contributed by atoms with E-state index in [4.69, 9.17) is 14.2 Å². The molecule has 0 bridgehead atoms. The summed E-state index contributed by atoms with van der Waals surface area (Å²) in [6, 6.07) is 13.4. The first-order valence-corrected chi connectivity index (χ1v) is 8.98. The van der Waals surface area contributed by atoms with E-state index in [0.717, 1.165) is 16.9 Å². The fourth-order valence-corrected chi connectivity index (χ4v) is 2.42. The molecule has 27 heavy (non-hydrogen) atoms. The molecule has 0 radical (unpaired) electrons. The quantitative estimate of drug-likeness (QED) is 0.536. The lowest BCUT2D eigenvalue weighted by atomic mass is 10.2. The van der Waals surface area contributed by atoms with Crippen molar-refractivity contribution in [3.05, 3.63) is 59.7 Å². The lowest BCUT2D eigenvalue weighted by Crippen LogP contribution is -2.26. The zero-order chi connectivity index (χ0) is 19.6. The Balaban J connectivity index is 1.81. The lowest BCUT2D eigenvalue weighted by Gasteiger charge is -2.13. The van der Waals surface area contributed by atoms with E-state index in [0.29, 0.717) is 24.7 Å². The van der Waals surface area contributed by atoms with E-state index in [9.17, 15) is 4.79 Å². The average Bonchev–Trinajstić information content (AvgIpc) is 2.64. The van der Waals surface area contributed by atoms with E-state index in [1.54, 1.807) is 13.2 Å². The Kier molecular flexibility index (Phi) is 7.74. The van der Waals surface area contributed by atoms with Crippen molar-refractivity contribution >= 4 is 12.0 Å². The number of nitrogens with one attached hydrogen (secondary N) is 1. The smallest absolute Gasteiger partial charge is 0.244 e. The molecule has 0 saturated heterocycles. The largest absolute Gasteiger partial charge is 0.493 e. The van der Waals surface area contributed by atoms with Crippen LogP contribution in [0.15, 0.2) is 48.5 Å². The summed E-state index contributed by atoms with van der Waals surface area (Å²) in [4.78, 5) is 11.9. The Hall–Kier alpha value is -2.95. The van der Waals surface area contributed by atoms with Crippen LogP contribution in [0.3, 0.4) is 0 Å². The van der Waals surface area contributed by atoms with Gasteiger partial charge in [0, 0.05) is 6.08 Å². The van der Waals surface area contributed by atoms with Gasteiger partial charge in [0.25, 0.3) is 0 Å². The van der Waals surface area contributed by atoms with Crippen molar-refractivity contribution in [1.29, 1.82) is 0 Å². The van der Waals surface area contributed by atoms with Crippen LogP contribution >= 0.6 is 0 Å². The first-order chi connectivity index (χ1) is 13.0. The molecular formula is C22H27NO4. The van der Waals surface area contributed by atoms with Crippen LogP contribution in [0.1, 0.15) is 25.0 Å². The van der Waals surface area contributed by atoms with Crippen molar-refractivity contribution in [3.63, 3.8) is 0 Å². The Morgan fingerprint density at radius 2 is 1.96 bits per heavy atom. The minimum absolute atomic E-state index is 0.0630. The van der Waals surface area contributed by atoms with Crippen LogP contribution in [-0.4, -0.2) is 32.3 Å². The number of aryl methyl sites for hydroxylation is 1. The number of methoxy groups -OCH3 is 1. The second-order valence-electron chi connectivity index (χ2n) is 6.37. The van der Waals surface area contributed by atoms with Gasteiger partial charge in [-0.2, -0.15) is 0 Å². The second kappa shape index (κ2) is 10.3. The number of hydrogen-bond acceptors (Lipinski definition) is 4. The molecule has 0 aromatic heterocycles. The summed E-state index contributed by atoms with van der Waals surface area (Å²) in [5, 5.41) is 2.80. The van der Waals surface area contributed by atoms with E-state index < -0.39 is 0 Å². The highest BCUT2D eigenvalue weighted by Crippen LogP contribution is 2.29. The molecule has 2 rings (SSSR count). The fraction of sp³-hybridized carbons (Fsp3) is 0.318. The van der Waals surface area contributed by atoms with Gasteiger partial charge in [0.2, 0.25) is 5.91 Å². The third kappa shape index (κ3) is 7.05. The van der Waals surface area contributed by atoms with Crippen molar-refractivity contribution in [3.8, 4) is 17.2 Å². The molecule has 0 spiro atoms. The predicted octanol–water partition coefficient (Wildman–Crippen LogP) is 4.00.